The molecule has 7 heteroatoms. The van der Waals surface area contributed by atoms with E-state index >= 15 is 0 Å². The van der Waals surface area contributed by atoms with Crippen molar-refractivity contribution in [3.05, 3.63) is 70.4 Å². The van der Waals surface area contributed by atoms with Gasteiger partial charge in [0.1, 0.15) is 5.82 Å². The minimum absolute atomic E-state index is 0.0678. The van der Waals surface area contributed by atoms with E-state index in [-0.39, 0.29) is 23.5 Å². The molecule has 6 nitrogen and oxygen atoms in total. The second-order valence-electron chi connectivity index (χ2n) is 7.11. The van der Waals surface area contributed by atoms with Crippen molar-refractivity contribution in [3.63, 3.8) is 0 Å². The summed E-state index contributed by atoms with van der Waals surface area (Å²) in [4.78, 5) is 29.6. The summed E-state index contributed by atoms with van der Waals surface area (Å²) in [5, 5.41) is 2.94. The van der Waals surface area contributed by atoms with E-state index in [1.54, 1.807) is 16.7 Å². The van der Waals surface area contributed by atoms with Crippen LogP contribution in [0.1, 0.15) is 18.4 Å². The van der Waals surface area contributed by atoms with Gasteiger partial charge in [0.25, 0.3) is 0 Å². The van der Waals surface area contributed by atoms with E-state index in [0.29, 0.717) is 25.2 Å². The van der Waals surface area contributed by atoms with Crippen molar-refractivity contribution < 1.29 is 9.18 Å². The minimum Gasteiger partial charge on any atom is -0.353 e. The van der Waals surface area contributed by atoms with Crippen molar-refractivity contribution in [1.29, 1.82) is 0 Å². The number of aromatic nitrogens is 2. The van der Waals surface area contributed by atoms with Crippen LogP contribution in [0.2, 0.25) is 0 Å². The number of likely N-dealkylation sites (tertiary alicyclic amines) is 1. The van der Waals surface area contributed by atoms with E-state index in [1.807, 2.05) is 35.2 Å². The van der Waals surface area contributed by atoms with Gasteiger partial charge >= 0.3 is 5.69 Å². The maximum Gasteiger partial charge on any atom is 0.326 e. The summed E-state index contributed by atoms with van der Waals surface area (Å²) in [6.45, 7) is 1.96. The Kier molecular flexibility index (Phi) is 5.25. The summed E-state index contributed by atoms with van der Waals surface area (Å²) in [6, 6.07) is 13.9. The zero-order valence-corrected chi connectivity index (χ0v) is 15.5. The second-order valence-corrected chi connectivity index (χ2v) is 7.11. The van der Waals surface area contributed by atoms with Gasteiger partial charge in [-0.2, -0.15) is 0 Å². The Morgan fingerprint density at radius 3 is 2.82 bits per heavy atom. The first kappa shape index (κ1) is 18.4. The summed E-state index contributed by atoms with van der Waals surface area (Å²) in [5.41, 5.74) is 2.03. The number of nitrogens with zero attached hydrogens (tertiary/aromatic N) is 2. The predicted octanol–water partition coefficient (Wildman–Crippen LogP) is 2.25. The molecule has 2 N–H and O–H groups in total. The number of halogens is 1. The normalized spacial score (nSPS) is 17.2. The van der Waals surface area contributed by atoms with Crippen LogP contribution in [0.3, 0.4) is 0 Å². The topological polar surface area (TPSA) is 70.1 Å². The molecule has 0 radical (unpaired) electrons. The van der Waals surface area contributed by atoms with Gasteiger partial charge in [0.2, 0.25) is 5.91 Å². The maximum atomic E-state index is 13.9. The molecule has 1 amide bonds. The summed E-state index contributed by atoms with van der Waals surface area (Å²) < 4.78 is 15.6. The Morgan fingerprint density at radius 2 is 1.96 bits per heavy atom. The molecule has 0 saturated carbocycles. The molecule has 0 spiro atoms. The van der Waals surface area contributed by atoms with E-state index in [0.717, 1.165) is 30.4 Å². The summed E-state index contributed by atoms with van der Waals surface area (Å²) in [5.74, 6) is -0.311. The molecule has 0 bridgehead atoms. The van der Waals surface area contributed by atoms with Gasteiger partial charge in [0.15, 0.2) is 0 Å². The van der Waals surface area contributed by atoms with Crippen LogP contribution in [0.15, 0.2) is 53.3 Å². The molecule has 1 unspecified atom stereocenters. The molecule has 1 atom stereocenters. The van der Waals surface area contributed by atoms with Crippen molar-refractivity contribution in [2.45, 2.75) is 32.0 Å². The number of para-hydroxylation sites is 2. The molecule has 4 rings (SSSR count). The monoisotopic (exact) mass is 382 g/mol. The van der Waals surface area contributed by atoms with Gasteiger partial charge in [0.05, 0.1) is 17.1 Å². The number of benzene rings is 2. The van der Waals surface area contributed by atoms with E-state index in [4.69, 9.17) is 0 Å². The number of amides is 1. The molecule has 1 aromatic heterocycles. The van der Waals surface area contributed by atoms with Gasteiger partial charge in [0, 0.05) is 25.2 Å². The molecule has 1 aliphatic heterocycles. The van der Waals surface area contributed by atoms with Crippen molar-refractivity contribution in [2.75, 3.05) is 13.1 Å². The highest BCUT2D eigenvalue weighted by Gasteiger charge is 2.30. The third-order valence-corrected chi connectivity index (χ3v) is 5.31. The summed E-state index contributed by atoms with van der Waals surface area (Å²) >= 11 is 0. The van der Waals surface area contributed by atoms with Crippen LogP contribution in [-0.2, 0) is 17.9 Å². The molecule has 1 fully saturated rings. The first-order valence-corrected chi connectivity index (χ1v) is 9.56. The Morgan fingerprint density at radius 1 is 1.18 bits per heavy atom. The Bertz CT molecular complexity index is 1040. The van der Waals surface area contributed by atoms with Crippen molar-refractivity contribution in [2.24, 2.45) is 0 Å². The third kappa shape index (κ3) is 3.71. The molecule has 1 aliphatic rings. The fraction of sp³-hybridized carbons (Fsp3) is 0.333. The number of aromatic amines is 1. The molecule has 2 aromatic carbocycles. The van der Waals surface area contributed by atoms with Crippen LogP contribution in [0.25, 0.3) is 11.0 Å². The first-order valence-electron chi connectivity index (χ1n) is 9.56. The number of nitrogens with one attached hydrogen (secondary N) is 2. The molecule has 1 saturated heterocycles. The molecule has 3 aromatic rings. The lowest BCUT2D eigenvalue weighted by Crippen LogP contribution is -2.44. The van der Waals surface area contributed by atoms with E-state index in [2.05, 4.69) is 10.3 Å². The molecular formula is C21H23FN4O2. The maximum absolute atomic E-state index is 13.9. The highest BCUT2D eigenvalue weighted by Crippen LogP contribution is 2.21. The number of hydrogen-bond acceptors (Lipinski definition) is 3. The van der Waals surface area contributed by atoms with Gasteiger partial charge in [-0.25, -0.2) is 9.18 Å². The number of imidazole rings is 1. The standard InChI is InChI=1S/C21H23FN4O2/c22-16-7-2-1-6-15(16)14-25-12-5-10-19(25)20(27)23-11-13-26-18-9-4-3-8-17(18)24-21(26)28/h1-4,6-9,19H,5,10-14H2,(H,23,27)(H,24,28). The van der Waals surface area contributed by atoms with Crippen LogP contribution in [0, 0.1) is 5.82 Å². The van der Waals surface area contributed by atoms with Crippen molar-refractivity contribution in [3.8, 4) is 0 Å². The Balaban J connectivity index is 1.37. The predicted molar refractivity (Wildman–Crippen MR) is 105 cm³/mol. The fourth-order valence-electron chi connectivity index (χ4n) is 3.90. The number of hydrogen-bond donors (Lipinski definition) is 2. The lowest BCUT2D eigenvalue weighted by atomic mass is 10.1. The molecule has 146 valence electrons. The van der Waals surface area contributed by atoms with Crippen LogP contribution in [-0.4, -0.2) is 39.5 Å². The summed E-state index contributed by atoms with van der Waals surface area (Å²) in [6.07, 6.45) is 1.67. The molecule has 28 heavy (non-hydrogen) atoms. The fourth-order valence-corrected chi connectivity index (χ4v) is 3.90. The third-order valence-electron chi connectivity index (χ3n) is 5.31. The number of carbonyl (C=O) groups is 1. The number of rotatable bonds is 6. The largest absolute Gasteiger partial charge is 0.353 e. The van der Waals surface area contributed by atoms with Gasteiger partial charge in [-0.3, -0.25) is 14.3 Å². The zero-order chi connectivity index (χ0) is 19.5. The van der Waals surface area contributed by atoms with Crippen LogP contribution in [0.5, 0.6) is 0 Å². The van der Waals surface area contributed by atoms with E-state index < -0.39 is 0 Å². The highest BCUT2D eigenvalue weighted by atomic mass is 19.1. The minimum atomic E-state index is -0.265. The number of fused-ring (bicyclic) bond motifs is 1. The number of carbonyl (C=O) groups excluding carboxylic acids is 1. The van der Waals surface area contributed by atoms with Crippen LogP contribution < -0.4 is 11.0 Å². The molecular weight excluding hydrogens is 359 g/mol. The quantitative estimate of drug-likeness (QED) is 0.687. The molecule has 0 aliphatic carbocycles. The van der Waals surface area contributed by atoms with E-state index in [1.165, 1.54) is 6.07 Å². The lowest BCUT2D eigenvalue weighted by molar-refractivity contribution is -0.125. The second kappa shape index (κ2) is 7.98. The van der Waals surface area contributed by atoms with Crippen LogP contribution >= 0.6 is 0 Å². The van der Waals surface area contributed by atoms with Crippen LogP contribution in [0.4, 0.5) is 4.39 Å². The Labute approximate surface area is 162 Å². The van der Waals surface area contributed by atoms with Crippen molar-refractivity contribution >= 4 is 16.9 Å². The highest BCUT2D eigenvalue weighted by molar-refractivity contribution is 5.82. The van der Waals surface area contributed by atoms with Gasteiger partial charge in [-0.15, -0.1) is 0 Å². The Hall–Kier alpha value is -2.93. The lowest BCUT2D eigenvalue weighted by Gasteiger charge is -2.24. The number of H-pyrrole nitrogens is 1. The average Bonchev–Trinajstić information content (AvgIpc) is 3.28. The first-order chi connectivity index (χ1) is 13.6. The summed E-state index contributed by atoms with van der Waals surface area (Å²) in [7, 11) is 0. The van der Waals surface area contributed by atoms with Gasteiger partial charge < -0.3 is 10.3 Å². The van der Waals surface area contributed by atoms with Crippen molar-refractivity contribution in [1.82, 2.24) is 19.8 Å². The van der Waals surface area contributed by atoms with Gasteiger partial charge in [-0.05, 0) is 37.6 Å². The molecule has 2 heterocycles. The smallest absolute Gasteiger partial charge is 0.326 e. The zero-order valence-electron chi connectivity index (χ0n) is 15.5. The van der Waals surface area contributed by atoms with E-state index in [9.17, 15) is 14.0 Å². The average molecular weight is 382 g/mol. The SMILES string of the molecule is O=C(NCCn1c(=O)[nH]c2ccccc21)C1CCCN1Cc1ccccc1F. The van der Waals surface area contributed by atoms with Gasteiger partial charge in [-0.1, -0.05) is 30.3 Å².